The summed E-state index contributed by atoms with van der Waals surface area (Å²) < 4.78 is 0. The van der Waals surface area contributed by atoms with Crippen LogP contribution in [0.3, 0.4) is 0 Å². The lowest BCUT2D eigenvalue weighted by molar-refractivity contribution is 0.103. The summed E-state index contributed by atoms with van der Waals surface area (Å²) in [4.78, 5) is 11.6. The molecule has 2 nitrogen and oxygen atoms in total. The van der Waals surface area contributed by atoms with Gasteiger partial charge < -0.3 is 5.32 Å². The SMILES string of the molecule is O=C1Nc2cccc3c(Cl)cc(Cl)c1c23. The van der Waals surface area contributed by atoms with Crippen LogP contribution in [-0.4, -0.2) is 5.91 Å². The Balaban J connectivity index is 2.61. The van der Waals surface area contributed by atoms with Gasteiger partial charge in [-0.3, -0.25) is 4.79 Å². The lowest BCUT2D eigenvalue weighted by Gasteiger charge is -2.03. The first-order valence-corrected chi connectivity index (χ1v) is 5.16. The summed E-state index contributed by atoms with van der Waals surface area (Å²) in [5.74, 6) is -0.164. The van der Waals surface area contributed by atoms with Crippen molar-refractivity contribution in [2.24, 2.45) is 0 Å². The van der Waals surface area contributed by atoms with E-state index in [0.29, 0.717) is 15.6 Å². The van der Waals surface area contributed by atoms with Crippen LogP contribution in [0.25, 0.3) is 10.8 Å². The molecule has 0 aromatic heterocycles. The van der Waals surface area contributed by atoms with E-state index >= 15 is 0 Å². The van der Waals surface area contributed by atoms with E-state index in [2.05, 4.69) is 5.32 Å². The van der Waals surface area contributed by atoms with Gasteiger partial charge >= 0.3 is 0 Å². The first kappa shape index (κ1) is 9.01. The van der Waals surface area contributed by atoms with E-state index in [1.807, 2.05) is 18.2 Å². The first-order chi connectivity index (χ1) is 7.18. The van der Waals surface area contributed by atoms with Crippen molar-refractivity contribution in [3.63, 3.8) is 0 Å². The van der Waals surface area contributed by atoms with Gasteiger partial charge in [0, 0.05) is 21.5 Å². The molecule has 4 heteroatoms. The van der Waals surface area contributed by atoms with Gasteiger partial charge in [-0.05, 0) is 12.1 Å². The number of rotatable bonds is 0. The Bertz CT molecular complexity index is 607. The van der Waals surface area contributed by atoms with Gasteiger partial charge in [0.2, 0.25) is 0 Å². The van der Waals surface area contributed by atoms with Crippen LogP contribution in [0.1, 0.15) is 10.4 Å². The first-order valence-electron chi connectivity index (χ1n) is 4.40. The number of carbonyl (C=O) groups is 1. The zero-order valence-corrected chi connectivity index (χ0v) is 8.99. The monoisotopic (exact) mass is 237 g/mol. The van der Waals surface area contributed by atoms with Crippen LogP contribution >= 0.6 is 23.2 Å². The van der Waals surface area contributed by atoms with Gasteiger partial charge in [-0.2, -0.15) is 0 Å². The van der Waals surface area contributed by atoms with E-state index in [-0.39, 0.29) is 5.91 Å². The Morgan fingerprint density at radius 1 is 1.13 bits per heavy atom. The molecule has 0 bridgehead atoms. The van der Waals surface area contributed by atoms with Crippen molar-refractivity contribution in [2.75, 3.05) is 5.32 Å². The minimum Gasteiger partial charge on any atom is -0.321 e. The lowest BCUT2D eigenvalue weighted by Crippen LogP contribution is -2.04. The Labute approximate surface area is 95.8 Å². The van der Waals surface area contributed by atoms with Gasteiger partial charge in [0.05, 0.1) is 10.6 Å². The molecule has 2 aromatic carbocycles. The van der Waals surface area contributed by atoms with Gasteiger partial charge in [-0.1, -0.05) is 35.3 Å². The van der Waals surface area contributed by atoms with Crippen molar-refractivity contribution in [1.82, 2.24) is 0 Å². The van der Waals surface area contributed by atoms with Crippen molar-refractivity contribution in [2.45, 2.75) is 0 Å². The van der Waals surface area contributed by atoms with Gasteiger partial charge in [-0.15, -0.1) is 0 Å². The molecule has 0 atom stereocenters. The molecule has 2 aromatic rings. The Kier molecular flexibility index (Phi) is 1.73. The fraction of sp³-hybridized carbons (Fsp3) is 0. The van der Waals surface area contributed by atoms with E-state index in [0.717, 1.165) is 16.5 Å². The smallest absolute Gasteiger partial charge is 0.257 e. The second kappa shape index (κ2) is 2.87. The Hall–Kier alpha value is -1.25. The maximum atomic E-state index is 11.6. The molecule has 0 saturated heterocycles. The third-order valence-corrected chi connectivity index (χ3v) is 3.15. The highest BCUT2D eigenvalue weighted by atomic mass is 35.5. The molecule has 0 fully saturated rings. The molecule has 74 valence electrons. The van der Waals surface area contributed by atoms with Crippen molar-refractivity contribution in [1.29, 1.82) is 0 Å². The molecule has 3 rings (SSSR count). The molecular formula is C11H5Cl2NO. The van der Waals surface area contributed by atoms with E-state index in [1.165, 1.54) is 0 Å². The van der Waals surface area contributed by atoms with E-state index < -0.39 is 0 Å². The van der Waals surface area contributed by atoms with Crippen LogP contribution in [0.5, 0.6) is 0 Å². The number of carbonyl (C=O) groups excluding carboxylic acids is 1. The summed E-state index contributed by atoms with van der Waals surface area (Å²) in [6.45, 7) is 0. The highest BCUT2D eigenvalue weighted by Gasteiger charge is 2.25. The Morgan fingerprint density at radius 2 is 1.93 bits per heavy atom. The topological polar surface area (TPSA) is 29.1 Å². The highest BCUT2D eigenvalue weighted by molar-refractivity contribution is 6.44. The van der Waals surface area contributed by atoms with Crippen LogP contribution in [-0.2, 0) is 0 Å². The molecule has 1 aliphatic rings. The largest absolute Gasteiger partial charge is 0.321 e. The number of anilines is 1. The van der Waals surface area contributed by atoms with Crippen molar-refractivity contribution in [3.8, 4) is 0 Å². The maximum Gasteiger partial charge on any atom is 0.257 e. The molecule has 0 unspecified atom stereocenters. The molecular weight excluding hydrogens is 233 g/mol. The normalized spacial score (nSPS) is 13.3. The van der Waals surface area contributed by atoms with Crippen LogP contribution in [0.15, 0.2) is 24.3 Å². The minimum absolute atomic E-state index is 0.164. The van der Waals surface area contributed by atoms with Crippen LogP contribution < -0.4 is 5.32 Å². The zero-order chi connectivity index (χ0) is 10.6. The van der Waals surface area contributed by atoms with Gasteiger partial charge in [-0.25, -0.2) is 0 Å². The van der Waals surface area contributed by atoms with Gasteiger partial charge in [0.1, 0.15) is 0 Å². The molecule has 1 heterocycles. The Morgan fingerprint density at radius 3 is 2.73 bits per heavy atom. The molecule has 0 saturated carbocycles. The van der Waals surface area contributed by atoms with Crippen molar-refractivity contribution < 1.29 is 4.79 Å². The van der Waals surface area contributed by atoms with Crippen LogP contribution in [0.4, 0.5) is 5.69 Å². The summed E-state index contributed by atoms with van der Waals surface area (Å²) in [6.07, 6.45) is 0. The third-order valence-electron chi connectivity index (χ3n) is 2.54. The van der Waals surface area contributed by atoms with Gasteiger partial charge in [0.25, 0.3) is 5.91 Å². The summed E-state index contributed by atoms with van der Waals surface area (Å²) in [5.41, 5.74) is 1.29. The van der Waals surface area contributed by atoms with Crippen LogP contribution in [0, 0.1) is 0 Å². The quantitative estimate of drug-likeness (QED) is 0.744. The third kappa shape index (κ3) is 1.09. The fourth-order valence-electron chi connectivity index (χ4n) is 1.91. The molecule has 0 radical (unpaired) electrons. The van der Waals surface area contributed by atoms with Gasteiger partial charge in [0.15, 0.2) is 0 Å². The second-order valence-corrected chi connectivity index (χ2v) is 4.21. The number of nitrogens with one attached hydrogen (secondary N) is 1. The molecule has 1 aliphatic heterocycles. The minimum atomic E-state index is -0.164. The van der Waals surface area contributed by atoms with E-state index in [9.17, 15) is 4.79 Å². The molecule has 1 amide bonds. The van der Waals surface area contributed by atoms with E-state index in [4.69, 9.17) is 23.2 Å². The van der Waals surface area contributed by atoms with Crippen molar-refractivity contribution in [3.05, 3.63) is 39.9 Å². The predicted octanol–water partition coefficient (Wildman–Crippen LogP) is 3.71. The summed E-state index contributed by atoms with van der Waals surface area (Å²) >= 11 is 12.0. The summed E-state index contributed by atoms with van der Waals surface area (Å²) in [7, 11) is 0. The number of benzene rings is 2. The number of hydrogen-bond acceptors (Lipinski definition) is 1. The fourth-order valence-corrected chi connectivity index (χ4v) is 2.52. The maximum absolute atomic E-state index is 11.6. The van der Waals surface area contributed by atoms with E-state index in [1.54, 1.807) is 6.07 Å². The molecule has 1 N–H and O–H groups in total. The number of halogens is 2. The lowest BCUT2D eigenvalue weighted by atomic mass is 10.1. The summed E-state index contributed by atoms with van der Waals surface area (Å²) in [5, 5.41) is 5.39. The predicted molar refractivity (Wildman–Crippen MR) is 61.9 cm³/mol. The number of hydrogen-bond donors (Lipinski definition) is 1. The molecule has 0 aliphatic carbocycles. The standard InChI is InChI=1S/C11H5Cl2NO/c12-6-4-7(13)10-9-5(6)2-1-3-8(9)14-11(10)15/h1-4H,(H,14,15). The molecule has 15 heavy (non-hydrogen) atoms. The van der Waals surface area contributed by atoms with Crippen LogP contribution in [0.2, 0.25) is 10.0 Å². The van der Waals surface area contributed by atoms with Crippen molar-refractivity contribution >= 4 is 45.6 Å². The molecule has 0 spiro atoms. The highest BCUT2D eigenvalue weighted by Crippen LogP contribution is 2.40. The number of amides is 1. The zero-order valence-electron chi connectivity index (χ0n) is 7.47. The summed E-state index contributed by atoms with van der Waals surface area (Å²) in [6, 6.07) is 7.17. The average Bonchev–Trinajstić information content (AvgIpc) is 2.51. The average molecular weight is 238 g/mol. The second-order valence-electron chi connectivity index (χ2n) is 3.40.